The van der Waals surface area contributed by atoms with Crippen LogP contribution >= 0.6 is 11.6 Å². The van der Waals surface area contributed by atoms with Crippen LogP contribution in [0.1, 0.15) is 37.6 Å². The Bertz CT molecular complexity index is 530. The zero-order valence-corrected chi connectivity index (χ0v) is 13.4. The van der Waals surface area contributed by atoms with Gasteiger partial charge in [0.15, 0.2) is 0 Å². The highest BCUT2D eigenvalue weighted by molar-refractivity contribution is 6.31. The number of benzene rings is 1. The normalized spacial score (nSPS) is 11.0. The zero-order valence-electron chi connectivity index (χ0n) is 12.6. The zero-order chi connectivity index (χ0) is 16.0. The number of hydrogen-bond donors (Lipinski definition) is 3. The molecule has 0 aromatic heterocycles. The number of nitrogens with two attached hydrogens (primary N) is 1. The first kappa shape index (κ1) is 17.3. The first-order chi connectivity index (χ1) is 9.77. The molecule has 6 heteroatoms. The number of nitrogens with one attached hydrogen (secondary N) is 2. The summed E-state index contributed by atoms with van der Waals surface area (Å²) in [7, 11) is 0. The third-order valence-corrected chi connectivity index (χ3v) is 3.38. The molecule has 0 aliphatic heterocycles. The van der Waals surface area contributed by atoms with E-state index in [0.29, 0.717) is 10.6 Å². The summed E-state index contributed by atoms with van der Waals surface area (Å²) in [5, 5.41) is 6.39. The highest BCUT2D eigenvalue weighted by Gasteiger charge is 2.26. The van der Waals surface area contributed by atoms with Gasteiger partial charge in [-0.25, -0.2) is 0 Å². The highest BCUT2D eigenvalue weighted by atomic mass is 35.5. The molecule has 0 radical (unpaired) electrons. The van der Waals surface area contributed by atoms with Gasteiger partial charge in [0.1, 0.15) is 0 Å². The van der Waals surface area contributed by atoms with E-state index in [1.165, 1.54) is 0 Å². The summed E-state index contributed by atoms with van der Waals surface area (Å²) in [5.41, 5.74) is 5.66. The van der Waals surface area contributed by atoms with Crippen LogP contribution in [0.4, 0.5) is 5.69 Å². The fourth-order valence-corrected chi connectivity index (χ4v) is 1.77. The van der Waals surface area contributed by atoms with Gasteiger partial charge in [-0.2, -0.15) is 0 Å². The van der Waals surface area contributed by atoms with E-state index < -0.39 is 11.3 Å². The lowest BCUT2D eigenvalue weighted by molar-refractivity contribution is -0.125. The molecule has 0 aliphatic rings. The maximum atomic E-state index is 12.3. The predicted octanol–water partition coefficient (Wildman–Crippen LogP) is 2.40. The van der Waals surface area contributed by atoms with Crippen molar-refractivity contribution in [1.29, 1.82) is 0 Å². The summed E-state index contributed by atoms with van der Waals surface area (Å²) < 4.78 is 0. The summed E-state index contributed by atoms with van der Waals surface area (Å²) >= 11 is 5.95. The van der Waals surface area contributed by atoms with Gasteiger partial charge in [-0.05, 0) is 38.5 Å². The van der Waals surface area contributed by atoms with Crippen molar-refractivity contribution in [3.63, 3.8) is 0 Å². The molecule has 0 saturated heterocycles. The van der Waals surface area contributed by atoms with E-state index in [9.17, 15) is 9.59 Å². The van der Waals surface area contributed by atoms with Gasteiger partial charge in [0, 0.05) is 23.8 Å². The van der Waals surface area contributed by atoms with Crippen LogP contribution in [0.3, 0.4) is 0 Å². The number of rotatable bonds is 7. The maximum Gasteiger partial charge on any atom is 0.253 e. The number of amides is 2. The number of halogens is 1. The lowest BCUT2D eigenvalue weighted by Crippen LogP contribution is -2.42. The summed E-state index contributed by atoms with van der Waals surface area (Å²) in [6.07, 6.45) is 0.943. The molecule has 0 aliphatic carbocycles. The fraction of sp³-hybridized carbons (Fsp3) is 0.467. The average molecular weight is 312 g/mol. The second-order valence-corrected chi connectivity index (χ2v) is 5.98. The Hall–Kier alpha value is -1.75. The number of primary amides is 1. The molecule has 0 spiro atoms. The Balaban J connectivity index is 2.86. The molecule has 5 nitrogen and oxygen atoms in total. The lowest BCUT2D eigenvalue weighted by Gasteiger charge is -2.21. The Morgan fingerprint density at radius 1 is 1.33 bits per heavy atom. The summed E-state index contributed by atoms with van der Waals surface area (Å²) in [5.74, 6) is -0.747. The smallest absolute Gasteiger partial charge is 0.253 e. The highest BCUT2D eigenvalue weighted by Crippen LogP contribution is 2.21. The van der Waals surface area contributed by atoms with Gasteiger partial charge in [-0.3, -0.25) is 9.59 Å². The van der Waals surface area contributed by atoms with Crippen LogP contribution in [0.25, 0.3) is 0 Å². The minimum absolute atomic E-state index is 0.168. The first-order valence-electron chi connectivity index (χ1n) is 6.89. The molecule has 0 unspecified atom stereocenters. The largest absolute Gasteiger partial charge is 0.384 e. The van der Waals surface area contributed by atoms with E-state index in [2.05, 4.69) is 10.6 Å². The number of anilines is 1. The third kappa shape index (κ3) is 4.93. The monoisotopic (exact) mass is 311 g/mol. The minimum Gasteiger partial charge on any atom is -0.384 e. The molecule has 0 heterocycles. The van der Waals surface area contributed by atoms with Crippen molar-refractivity contribution in [2.75, 3.05) is 18.4 Å². The van der Waals surface area contributed by atoms with E-state index in [-0.39, 0.29) is 12.5 Å². The van der Waals surface area contributed by atoms with Crippen LogP contribution in [0.5, 0.6) is 0 Å². The minimum atomic E-state index is -0.800. The molecule has 0 saturated carbocycles. The van der Waals surface area contributed by atoms with E-state index in [0.717, 1.165) is 18.7 Å². The van der Waals surface area contributed by atoms with Crippen molar-refractivity contribution < 1.29 is 9.59 Å². The number of hydrogen-bond acceptors (Lipinski definition) is 3. The Kier molecular flexibility index (Phi) is 6.03. The molecule has 0 atom stereocenters. The fourth-order valence-electron chi connectivity index (χ4n) is 1.60. The third-order valence-electron chi connectivity index (χ3n) is 3.15. The van der Waals surface area contributed by atoms with Crippen molar-refractivity contribution in [3.05, 3.63) is 28.8 Å². The van der Waals surface area contributed by atoms with E-state index >= 15 is 0 Å². The van der Waals surface area contributed by atoms with Gasteiger partial charge < -0.3 is 16.4 Å². The van der Waals surface area contributed by atoms with Crippen molar-refractivity contribution in [3.8, 4) is 0 Å². The molecular weight excluding hydrogens is 290 g/mol. The van der Waals surface area contributed by atoms with Crippen LogP contribution in [0.15, 0.2) is 18.2 Å². The summed E-state index contributed by atoms with van der Waals surface area (Å²) in [4.78, 5) is 23.6. The van der Waals surface area contributed by atoms with Gasteiger partial charge in [0.2, 0.25) is 5.91 Å². The first-order valence-corrected chi connectivity index (χ1v) is 7.27. The molecular formula is C15H22ClN3O2. The predicted molar refractivity (Wildman–Crippen MR) is 85.5 cm³/mol. The standard InChI is InChI=1S/C15H22ClN3O2/c1-4-7-18-12-6-5-10(16)8-11(12)13(20)19-9-15(2,3)14(17)21/h5-6,8,18H,4,7,9H2,1-3H3,(H2,17,21)(H,19,20). The molecule has 116 valence electrons. The van der Waals surface area contributed by atoms with Gasteiger partial charge in [-0.15, -0.1) is 0 Å². The molecule has 1 aromatic rings. The molecule has 4 N–H and O–H groups in total. The number of carbonyl (C=O) groups is 2. The molecule has 1 aromatic carbocycles. The van der Waals surface area contributed by atoms with Gasteiger partial charge >= 0.3 is 0 Å². The second kappa shape index (κ2) is 7.31. The molecule has 1 rings (SSSR count). The molecule has 2 amide bonds. The van der Waals surface area contributed by atoms with Crippen LogP contribution < -0.4 is 16.4 Å². The van der Waals surface area contributed by atoms with Crippen LogP contribution in [0, 0.1) is 5.41 Å². The molecule has 0 bridgehead atoms. The Morgan fingerprint density at radius 3 is 2.57 bits per heavy atom. The average Bonchev–Trinajstić information content (AvgIpc) is 2.43. The lowest BCUT2D eigenvalue weighted by atomic mass is 9.92. The Labute approximate surface area is 130 Å². The maximum absolute atomic E-state index is 12.3. The van der Waals surface area contributed by atoms with Crippen molar-refractivity contribution in [2.45, 2.75) is 27.2 Å². The van der Waals surface area contributed by atoms with Gasteiger partial charge in [0.05, 0.1) is 11.0 Å². The number of carbonyl (C=O) groups excluding carboxylic acids is 2. The van der Waals surface area contributed by atoms with Crippen LogP contribution in [-0.2, 0) is 4.79 Å². The van der Waals surface area contributed by atoms with E-state index in [4.69, 9.17) is 17.3 Å². The van der Waals surface area contributed by atoms with Crippen LogP contribution in [-0.4, -0.2) is 24.9 Å². The van der Waals surface area contributed by atoms with E-state index in [1.807, 2.05) is 6.92 Å². The topological polar surface area (TPSA) is 84.2 Å². The second-order valence-electron chi connectivity index (χ2n) is 5.55. The quantitative estimate of drug-likeness (QED) is 0.723. The van der Waals surface area contributed by atoms with Crippen molar-refractivity contribution in [2.24, 2.45) is 11.1 Å². The van der Waals surface area contributed by atoms with E-state index in [1.54, 1.807) is 32.0 Å². The Morgan fingerprint density at radius 2 is 2.00 bits per heavy atom. The summed E-state index contributed by atoms with van der Waals surface area (Å²) in [6, 6.07) is 5.10. The molecule has 0 fully saturated rings. The van der Waals surface area contributed by atoms with Crippen molar-refractivity contribution >= 4 is 29.1 Å². The SMILES string of the molecule is CCCNc1ccc(Cl)cc1C(=O)NCC(C)(C)C(N)=O. The summed E-state index contributed by atoms with van der Waals surface area (Å²) in [6.45, 7) is 6.33. The molecule has 21 heavy (non-hydrogen) atoms. The van der Waals surface area contributed by atoms with Crippen molar-refractivity contribution in [1.82, 2.24) is 5.32 Å². The van der Waals surface area contributed by atoms with Crippen LogP contribution in [0.2, 0.25) is 5.02 Å². The van der Waals surface area contributed by atoms with Gasteiger partial charge in [0.25, 0.3) is 5.91 Å². The van der Waals surface area contributed by atoms with Gasteiger partial charge in [-0.1, -0.05) is 18.5 Å².